The Morgan fingerprint density at radius 3 is 3.07 bits per heavy atom. The zero-order valence-corrected chi connectivity index (χ0v) is 8.51. The summed E-state index contributed by atoms with van der Waals surface area (Å²) in [4.78, 5) is 19.6. The molecule has 0 bridgehead atoms. The van der Waals surface area contributed by atoms with Crippen molar-refractivity contribution in [3.8, 4) is 0 Å². The van der Waals surface area contributed by atoms with E-state index in [1.807, 2.05) is 6.92 Å². The first kappa shape index (κ1) is 10.0. The Bertz CT molecular complexity index is 342. The SMILES string of the molecule is C[C@@H]1CCO[C@@H]1C(=O)Nc1cnccn1. The molecule has 2 atom stereocenters. The molecule has 0 aliphatic carbocycles. The fourth-order valence-electron chi connectivity index (χ4n) is 1.59. The fourth-order valence-corrected chi connectivity index (χ4v) is 1.59. The third-order valence-electron chi connectivity index (χ3n) is 2.46. The summed E-state index contributed by atoms with van der Waals surface area (Å²) in [5, 5.41) is 2.68. The number of hydrogen-bond acceptors (Lipinski definition) is 4. The van der Waals surface area contributed by atoms with Gasteiger partial charge in [0.15, 0.2) is 5.82 Å². The summed E-state index contributed by atoms with van der Waals surface area (Å²) >= 11 is 0. The van der Waals surface area contributed by atoms with Gasteiger partial charge in [0, 0.05) is 19.0 Å². The van der Waals surface area contributed by atoms with Gasteiger partial charge < -0.3 is 10.1 Å². The lowest BCUT2D eigenvalue weighted by molar-refractivity contribution is -0.126. The lowest BCUT2D eigenvalue weighted by Crippen LogP contribution is -2.31. The molecule has 2 rings (SSSR count). The average molecular weight is 207 g/mol. The molecule has 1 aromatic rings. The number of ether oxygens (including phenoxy) is 1. The van der Waals surface area contributed by atoms with Crippen LogP contribution in [0, 0.1) is 5.92 Å². The van der Waals surface area contributed by atoms with Gasteiger partial charge in [0.05, 0.1) is 6.20 Å². The van der Waals surface area contributed by atoms with E-state index < -0.39 is 0 Å². The van der Waals surface area contributed by atoms with Gasteiger partial charge in [-0.3, -0.25) is 9.78 Å². The molecule has 0 spiro atoms. The van der Waals surface area contributed by atoms with Crippen molar-refractivity contribution in [3.63, 3.8) is 0 Å². The monoisotopic (exact) mass is 207 g/mol. The van der Waals surface area contributed by atoms with E-state index in [0.717, 1.165) is 6.42 Å². The van der Waals surface area contributed by atoms with Gasteiger partial charge in [-0.2, -0.15) is 0 Å². The standard InChI is InChI=1S/C10H13N3O2/c1-7-2-5-15-9(7)10(14)13-8-6-11-3-4-12-8/h3-4,6-7,9H,2,5H2,1H3,(H,12,13,14)/t7-,9+/m1/s1. The molecule has 1 aliphatic heterocycles. The summed E-state index contributed by atoms with van der Waals surface area (Å²) in [6, 6.07) is 0. The van der Waals surface area contributed by atoms with Crippen LogP contribution in [-0.4, -0.2) is 28.6 Å². The molecule has 1 aromatic heterocycles. The van der Waals surface area contributed by atoms with Gasteiger partial charge >= 0.3 is 0 Å². The fraction of sp³-hybridized carbons (Fsp3) is 0.500. The number of nitrogens with one attached hydrogen (secondary N) is 1. The minimum absolute atomic E-state index is 0.138. The number of rotatable bonds is 2. The maximum absolute atomic E-state index is 11.7. The minimum Gasteiger partial charge on any atom is -0.368 e. The summed E-state index contributed by atoms with van der Waals surface area (Å²) in [6.45, 7) is 2.66. The molecule has 15 heavy (non-hydrogen) atoms. The largest absolute Gasteiger partial charge is 0.368 e. The molecular weight excluding hydrogens is 194 g/mol. The second kappa shape index (κ2) is 4.35. The minimum atomic E-state index is -0.355. The van der Waals surface area contributed by atoms with Gasteiger partial charge in [-0.15, -0.1) is 0 Å². The zero-order chi connectivity index (χ0) is 10.7. The van der Waals surface area contributed by atoms with Gasteiger partial charge in [-0.05, 0) is 12.3 Å². The van der Waals surface area contributed by atoms with Crippen LogP contribution in [0.25, 0.3) is 0 Å². The molecular formula is C10H13N3O2. The summed E-state index contributed by atoms with van der Waals surface area (Å²) in [5.41, 5.74) is 0. The van der Waals surface area contributed by atoms with Gasteiger partial charge in [-0.1, -0.05) is 6.92 Å². The predicted molar refractivity (Wildman–Crippen MR) is 54.2 cm³/mol. The van der Waals surface area contributed by atoms with Crippen molar-refractivity contribution in [2.75, 3.05) is 11.9 Å². The van der Waals surface area contributed by atoms with E-state index in [1.54, 1.807) is 6.20 Å². The third-order valence-corrected chi connectivity index (χ3v) is 2.46. The number of anilines is 1. The van der Waals surface area contributed by atoms with E-state index in [2.05, 4.69) is 15.3 Å². The quantitative estimate of drug-likeness (QED) is 0.780. The number of aromatic nitrogens is 2. The Balaban J connectivity index is 1.98. The molecule has 2 heterocycles. The highest BCUT2D eigenvalue weighted by Crippen LogP contribution is 2.20. The Morgan fingerprint density at radius 2 is 2.47 bits per heavy atom. The third kappa shape index (κ3) is 2.30. The van der Waals surface area contributed by atoms with Crippen LogP contribution >= 0.6 is 0 Å². The summed E-state index contributed by atoms with van der Waals surface area (Å²) < 4.78 is 5.34. The van der Waals surface area contributed by atoms with Crippen molar-refractivity contribution >= 4 is 11.7 Å². The summed E-state index contributed by atoms with van der Waals surface area (Å²) in [6.07, 6.45) is 5.18. The first-order valence-electron chi connectivity index (χ1n) is 4.96. The molecule has 1 fully saturated rings. The van der Waals surface area contributed by atoms with E-state index in [4.69, 9.17) is 4.74 Å². The number of hydrogen-bond donors (Lipinski definition) is 1. The molecule has 5 nitrogen and oxygen atoms in total. The Labute approximate surface area is 87.9 Å². The Hall–Kier alpha value is -1.49. The highest BCUT2D eigenvalue weighted by Gasteiger charge is 2.30. The second-order valence-corrected chi connectivity index (χ2v) is 3.64. The van der Waals surface area contributed by atoms with Gasteiger partial charge in [0.25, 0.3) is 5.91 Å². The van der Waals surface area contributed by atoms with Crippen molar-refractivity contribution in [2.24, 2.45) is 5.92 Å². The van der Waals surface area contributed by atoms with Gasteiger partial charge in [0.2, 0.25) is 0 Å². The highest BCUT2D eigenvalue weighted by molar-refractivity contribution is 5.93. The number of carbonyl (C=O) groups excluding carboxylic acids is 1. The van der Waals surface area contributed by atoms with E-state index in [-0.39, 0.29) is 17.9 Å². The lowest BCUT2D eigenvalue weighted by Gasteiger charge is -2.13. The van der Waals surface area contributed by atoms with Crippen LogP contribution in [0.1, 0.15) is 13.3 Å². The van der Waals surface area contributed by atoms with Crippen molar-refractivity contribution < 1.29 is 9.53 Å². The van der Waals surface area contributed by atoms with E-state index in [1.165, 1.54) is 12.4 Å². The van der Waals surface area contributed by atoms with Crippen molar-refractivity contribution in [1.82, 2.24) is 9.97 Å². The first-order chi connectivity index (χ1) is 7.27. The molecule has 1 amide bonds. The molecule has 0 unspecified atom stereocenters. The van der Waals surface area contributed by atoms with Crippen LogP contribution in [0.15, 0.2) is 18.6 Å². The van der Waals surface area contributed by atoms with E-state index in [9.17, 15) is 4.79 Å². The van der Waals surface area contributed by atoms with Gasteiger partial charge in [-0.25, -0.2) is 4.98 Å². The van der Waals surface area contributed by atoms with Crippen LogP contribution in [-0.2, 0) is 9.53 Å². The molecule has 0 saturated carbocycles. The lowest BCUT2D eigenvalue weighted by atomic mass is 10.0. The van der Waals surface area contributed by atoms with Crippen molar-refractivity contribution in [3.05, 3.63) is 18.6 Å². The van der Waals surface area contributed by atoms with Crippen LogP contribution in [0.2, 0.25) is 0 Å². The second-order valence-electron chi connectivity index (χ2n) is 3.64. The average Bonchev–Trinajstić information content (AvgIpc) is 2.66. The van der Waals surface area contributed by atoms with Crippen molar-refractivity contribution in [1.29, 1.82) is 0 Å². The van der Waals surface area contributed by atoms with Crippen LogP contribution in [0.4, 0.5) is 5.82 Å². The smallest absolute Gasteiger partial charge is 0.254 e. The molecule has 1 saturated heterocycles. The molecule has 1 aliphatic rings. The van der Waals surface area contributed by atoms with Crippen LogP contribution in [0.5, 0.6) is 0 Å². The number of carbonyl (C=O) groups is 1. The maximum atomic E-state index is 11.7. The normalized spacial score (nSPS) is 25.1. The summed E-state index contributed by atoms with van der Waals surface area (Å²) in [7, 11) is 0. The van der Waals surface area contributed by atoms with Crippen LogP contribution in [0.3, 0.4) is 0 Å². The van der Waals surface area contributed by atoms with E-state index >= 15 is 0 Å². The predicted octanol–water partition coefficient (Wildman–Crippen LogP) is 0.840. The molecule has 0 radical (unpaired) electrons. The molecule has 0 aromatic carbocycles. The topological polar surface area (TPSA) is 64.1 Å². The Morgan fingerprint density at radius 1 is 1.60 bits per heavy atom. The number of nitrogens with zero attached hydrogens (tertiary/aromatic N) is 2. The van der Waals surface area contributed by atoms with Crippen molar-refractivity contribution in [2.45, 2.75) is 19.4 Å². The molecule has 80 valence electrons. The van der Waals surface area contributed by atoms with Gasteiger partial charge in [0.1, 0.15) is 6.10 Å². The highest BCUT2D eigenvalue weighted by atomic mass is 16.5. The maximum Gasteiger partial charge on any atom is 0.254 e. The summed E-state index contributed by atoms with van der Waals surface area (Å²) in [5.74, 6) is 0.590. The van der Waals surface area contributed by atoms with E-state index in [0.29, 0.717) is 12.4 Å². The Kier molecular flexibility index (Phi) is 2.91. The first-order valence-corrected chi connectivity index (χ1v) is 4.96. The molecule has 5 heteroatoms. The zero-order valence-electron chi connectivity index (χ0n) is 8.51. The van der Waals surface area contributed by atoms with Crippen LogP contribution < -0.4 is 5.32 Å². The molecule has 1 N–H and O–H groups in total. The number of amides is 1.